The molecule has 0 radical (unpaired) electrons. The molecule has 11 atom stereocenters. The maximum Gasteiger partial charge on any atom is 0.309 e. The molecule has 0 bridgehead atoms. The third-order valence-corrected chi connectivity index (χ3v) is 13.6. The van der Waals surface area contributed by atoms with Crippen molar-refractivity contribution in [2.45, 2.75) is 99.0 Å². The van der Waals surface area contributed by atoms with Crippen LogP contribution in [0.25, 0.3) is 0 Å². The first kappa shape index (κ1) is 25.3. The maximum atomic E-state index is 12.8. The summed E-state index contributed by atoms with van der Waals surface area (Å²) >= 11 is 0. The molecule has 0 aromatic rings. The Labute approximate surface area is 210 Å². The third kappa shape index (κ3) is 2.75. The average Bonchev–Trinajstić information content (AvgIpc) is 3.21. The van der Waals surface area contributed by atoms with Gasteiger partial charge in [0.15, 0.2) is 0 Å². The lowest BCUT2D eigenvalue weighted by Crippen LogP contribution is -2.65. The van der Waals surface area contributed by atoms with Gasteiger partial charge in [-0.1, -0.05) is 46.8 Å². The topological polar surface area (TPSA) is 94.8 Å². The number of rotatable bonds is 3. The van der Waals surface area contributed by atoms with Crippen LogP contribution in [0.5, 0.6) is 0 Å². The summed E-state index contributed by atoms with van der Waals surface area (Å²) in [6, 6.07) is 0. The van der Waals surface area contributed by atoms with Crippen molar-refractivity contribution in [3.05, 3.63) is 12.2 Å². The quantitative estimate of drug-likeness (QED) is 0.425. The molecule has 5 saturated carbocycles. The van der Waals surface area contributed by atoms with Crippen LogP contribution < -0.4 is 0 Å². The SMILES string of the molecule is C=C(C)[C@@H]1CC[C@]2(C(=O)O)CC[C@]3(C)C(CCC4[C@@]5(C)[C@@H](C(=O)O)[C@H](O)C(C)(C)[C@@H]5CC[C@]43C)C12. The fourth-order valence-electron chi connectivity index (χ4n) is 11.8. The second-order valence-corrected chi connectivity index (χ2v) is 14.6. The van der Waals surface area contributed by atoms with E-state index in [1.807, 2.05) is 0 Å². The minimum Gasteiger partial charge on any atom is -0.481 e. The number of hydrogen-bond donors (Lipinski definition) is 3. The van der Waals surface area contributed by atoms with E-state index in [-0.39, 0.29) is 34.5 Å². The lowest BCUT2D eigenvalue weighted by atomic mass is 9.34. The first-order valence-corrected chi connectivity index (χ1v) is 13.9. The van der Waals surface area contributed by atoms with Crippen molar-refractivity contribution < 1.29 is 24.9 Å². The lowest BCUT2D eigenvalue weighted by molar-refractivity contribution is -0.228. The first-order chi connectivity index (χ1) is 16.1. The predicted molar refractivity (Wildman–Crippen MR) is 135 cm³/mol. The first-order valence-electron chi connectivity index (χ1n) is 13.9. The van der Waals surface area contributed by atoms with Gasteiger partial charge in [-0.15, -0.1) is 0 Å². The Morgan fingerprint density at radius 1 is 0.829 bits per heavy atom. The molecule has 5 nitrogen and oxygen atoms in total. The third-order valence-electron chi connectivity index (χ3n) is 13.6. The molecule has 0 spiro atoms. The smallest absolute Gasteiger partial charge is 0.309 e. The van der Waals surface area contributed by atoms with E-state index in [0.717, 1.165) is 50.5 Å². The molecule has 0 amide bonds. The van der Waals surface area contributed by atoms with Crippen molar-refractivity contribution >= 4 is 11.9 Å². The van der Waals surface area contributed by atoms with Crippen molar-refractivity contribution in [2.75, 3.05) is 0 Å². The number of carboxylic acid groups (broad SMARTS) is 2. The lowest BCUT2D eigenvalue weighted by Gasteiger charge is -2.70. The van der Waals surface area contributed by atoms with E-state index >= 15 is 0 Å². The van der Waals surface area contributed by atoms with Gasteiger partial charge in [-0.2, -0.15) is 0 Å². The van der Waals surface area contributed by atoms with Crippen molar-refractivity contribution in [1.29, 1.82) is 0 Å². The van der Waals surface area contributed by atoms with Crippen molar-refractivity contribution in [3.63, 3.8) is 0 Å². The van der Waals surface area contributed by atoms with E-state index in [1.54, 1.807) is 0 Å². The number of aliphatic hydroxyl groups is 1. The molecular weight excluding hydrogens is 440 g/mol. The molecule has 3 N–H and O–H groups in total. The Balaban J connectivity index is 1.62. The van der Waals surface area contributed by atoms with Crippen LogP contribution in [-0.2, 0) is 9.59 Å². The number of hydrogen-bond acceptors (Lipinski definition) is 3. The van der Waals surface area contributed by atoms with Crippen molar-refractivity contribution in [1.82, 2.24) is 0 Å². The average molecular weight is 487 g/mol. The summed E-state index contributed by atoms with van der Waals surface area (Å²) in [6.07, 6.45) is 6.24. The second kappa shape index (κ2) is 7.36. The molecule has 5 rings (SSSR count). The van der Waals surface area contributed by atoms with E-state index < -0.39 is 40.2 Å². The van der Waals surface area contributed by atoms with Crippen LogP contribution in [0.2, 0.25) is 0 Å². The van der Waals surface area contributed by atoms with Crippen LogP contribution in [0.3, 0.4) is 0 Å². The van der Waals surface area contributed by atoms with Crippen LogP contribution >= 0.6 is 0 Å². The fraction of sp³-hybridized carbons (Fsp3) is 0.867. The molecule has 0 aliphatic heterocycles. The van der Waals surface area contributed by atoms with E-state index in [9.17, 15) is 24.9 Å². The number of carbonyl (C=O) groups is 2. The number of allylic oxidation sites excluding steroid dienone is 1. The van der Waals surface area contributed by atoms with Gasteiger partial charge in [-0.3, -0.25) is 9.59 Å². The van der Waals surface area contributed by atoms with Crippen LogP contribution in [0.1, 0.15) is 92.9 Å². The maximum absolute atomic E-state index is 12.8. The Bertz CT molecular complexity index is 970. The molecule has 0 aromatic carbocycles. The highest BCUT2D eigenvalue weighted by Crippen LogP contribution is 2.79. The second-order valence-electron chi connectivity index (χ2n) is 14.6. The van der Waals surface area contributed by atoms with Gasteiger partial charge in [-0.05, 0) is 110 Å². The van der Waals surface area contributed by atoms with E-state index in [1.165, 1.54) is 0 Å². The summed E-state index contributed by atoms with van der Waals surface area (Å²) in [7, 11) is 0. The molecule has 196 valence electrons. The summed E-state index contributed by atoms with van der Waals surface area (Å²) < 4.78 is 0. The van der Waals surface area contributed by atoms with Gasteiger partial charge in [0, 0.05) is 0 Å². The van der Waals surface area contributed by atoms with Gasteiger partial charge in [0.2, 0.25) is 0 Å². The zero-order valence-corrected chi connectivity index (χ0v) is 22.6. The molecule has 35 heavy (non-hydrogen) atoms. The van der Waals surface area contributed by atoms with Crippen LogP contribution in [0, 0.1) is 62.6 Å². The molecular formula is C30H46O5. The Morgan fingerprint density at radius 2 is 1.49 bits per heavy atom. The van der Waals surface area contributed by atoms with Gasteiger partial charge >= 0.3 is 11.9 Å². The summed E-state index contributed by atoms with van der Waals surface area (Å²) in [6.45, 7) is 17.5. The molecule has 5 heteroatoms. The molecule has 5 fully saturated rings. The Morgan fingerprint density at radius 3 is 2.06 bits per heavy atom. The van der Waals surface area contributed by atoms with E-state index in [4.69, 9.17) is 0 Å². The number of aliphatic carboxylic acids is 2. The minimum atomic E-state index is -0.862. The molecule has 5 aliphatic carbocycles. The Kier molecular flexibility index (Phi) is 5.32. The highest BCUT2D eigenvalue weighted by molar-refractivity contribution is 5.76. The molecule has 3 unspecified atom stereocenters. The summed E-state index contributed by atoms with van der Waals surface area (Å²) in [4.78, 5) is 25.4. The normalized spacial score (nSPS) is 54.2. The van der Waals surface area contributed by atoms with Crippen molar-refractivity contribution in [2.24, 2.45) is 62.6 Å². The summed E-state index contributed by atoms with van der Waals surface area (Å²) in [5, 5.41) is 32.2. The number of carboxylic acids is 2. The van der Waals surface area contributed by atoms with Crippen LogP contribution in [0.4, 0.5) is 0 Å². The minimum absolute atomic E-state index is 0.0493. The summed E-state index contributed by atoms with van der Waals surface area (Å²) in [5.41, 5.74) is -0.558. The van der Waals surface area contributed by atoms with E-state index in [2.05, 4.69) is 48.1 Å². The molecule has 5 aliphatic rings. The fourth-order valence-corrected chi connectivity index (χ4v) is 11.8. The number of fused-ring (bicyclic) bond motifs is 7. The molecule has 0 saturated heterocycles. The zero-order chi connectivity index (χ0) is 25.9. The molecule has 0 aromatic heterocycles. The predicted octanol–water partition coefficient (Wildman–Crippen LogP) is 6.01. The standard InChI is InChI=1S/C30H46O5/c1-16(2)17-10-13-30(25(34)35)15-14-27(5)18(21(17)30)8-9-20-28(27,6)12-11-19-26(3,4)23(31)22(24(32)33)29(19,20)7/h17-23,31H,1,8-15H2,2-7H3,(H,32,33)(H,34,35)/t17-,18?,19-,20?,21?,22+,23-,27+,28+,29-,30-/m0/s1. The van der Waals surface area contributed by atoms with Gasteiger partial charge in [0.25, 0.3) is 0 Å². The zero-order valence-electron chi connectivity index (χ0n) is 22.6. The highest BCUT2D eigenvalue weighted by atomic mass is 16.4. The Hall–Kier alpha value is -1.36. The van der Waals surface area contributed by atoms with Gasteiger partial charge in [-0.25, -0.2) is 0 Å². The largest absolute Gasteiger partial charge is 0.481 e. The van der Waals surface area contributed by atoms with Gasteiger partial charge in [0.05, 0.1) is 17.4 Å². The van der Waals surface area contributed by atoms with Gasteiger partial charge in [0.1, 0.15) is 0 Å². The highest BCUT2D eigenvalue weighted by Gasteiger charge is 2.75. The number of aliphatic hydroxyl groups excluding tert-OH is 1. The van der Waals surface area contributed by atoms with Crippen LogP contribution in [0.15, 0.2) is 12.2 Å². The van der Waals surface area contributed by atoms with E-state index in [0.29, 0.717) is 12.3 Å². The monoisotopic (exact) mass is 486 g/mol. The van der Waals surface area contributed by atoms with Crippen molar-refractivity contribution in [3.8, 4) is 0 Å². The molecule has 0 heterocycles. The van der Waals surface area contributed by atoms with Gasteiger partial charge < -0.3 is 15.3 Å². The summed E-state index contributed by atoms with van der Waals surface area (Å²) in [5.74, 6) is -1.21. The van der Waals surface area contributed by atoms with Crippen LogP contribution in [-0.4, -0.2) is 33.4 Å².